The van der Waals surface area contributed by atoms with Gasteiger partial charge in [0.2, 0.25) is 0 Å². The van der Waals surface area contributed by atoms with Crippen molar-refractivity contribution in [3.8, 4) is 22.9 Å². The Hall–Kier alpha value is -3.38. The van der Waals surface area contributed by atoms with Gasteiger partial charge in [0.1, 0.15) is 23.1 Å². The summed E-state index contributed by atoms with van der Waals surface area (Å²) in [5.74, 6) is 0.176. The van der Waals surface area contributed by atoms with Crippen molar-refractivity contribution < 1.29 is 19.0 Å². The molecule has 0 aliphatic carbocycles. The maximum Gasteiger partial charge on any atom is 0.335 e. The van der Waals surface area contributed by atoms with E-state index in [1.165, 1.54) is 24.3 Å². The number of carbonyl (C=O) groups is 1. The highest BCUT2D eigenvalue weighted by Crippen LogP contribution is 2.34. The third kappa shape index (κ3) is 3.42. The highest BCUT2D eigenvalue weighted by Gasteiger charge is 2.12. The molecule has 0 aliphatic rings. The van der Waals surface area contributed by atoms with Gasteiger partial charge < -0.3 is 14.8 Å². The number of aromatic carboxylic acids is 1. The van der Waals surface area contributed by atoms with Crippen molar-refractivity contribution in [3.05, 3.63) is 76.6 Å². The fraction of sp³-hybridized carbons (Fsp3) is 0.0476. The van der Waals surface area contributed by atoms with E-state index in [1.54, 1.807) is 37.3 Å². The maximum absolute atomic E-state index is 13.2. The number of imidazole rings is 1. The van der Waals surface area contributed by atoms with E-state index in [0.29, 0.717) is 38.9 Å². The first-order valence-corrected chi connectivity index (χ1v) is 8.75. The minimum Gasteiger partial charge on any atom is -0.478 e. The standard InChI is InChI=1S/C21H14ClFN2O3/c1-11-8-14(23)4-7-18(11)28-19-6-3-12(9-15(19)22)20-24-16-5-2-13(21(26)27)10-17(16)25-20/h2-10H,1H3,(H,24,25)(H,26,27). The van der Waals surface area contributed by atoms with Gasteiger partial charge in [-0.3, -0.25) is 0 Å². The van der Waals surface area contributed by atoms with Crippen LogP contribution in [0.15, 0.2) is 54.6 Å². The first kappa shape index (κ1) is 18.0. The lowest BCUT2D eigenvalue weighted by Crippen LogP contribution is -1.94. The van der Waals surface area contributed by atoms with Crippen LogP contribution in [0.1, 0.15) is 15.9 Å². The predicted octanol–water partition coefficient (Wildman–Crippen LogP) is 5.82. The molecule has 0 saturated carbocycles. The predicted molar refractivity (Wildman–Crippen MR) is 105 cm³/mol. The van der Waals surface area contributed by atoms with E-state index >= 15 is 0 Å². The third-order valence-corrected chi connectivity index (χ3v) is 4.59. The number of aromatic nitrogens is 2. The Labute approximate surface area is 164 Å². The molecule has 4 rings (SSSR count). The Morgan fingerprint density at radius 3 is 2.61 bits per heavy atom. The summed E-state index contributed by atoms with van der Waals surface area (Å²) in [5.41, 5.74) is 2.83. The molecular weight excluding hydrogens is 383 g/mol. The van der Waals surface area contributed by atoms with E-state index in [9.17, 15) is 9.18 Å². The highest BCUT2D eigenvalue weighted by molar-refractivity contribution is 6.32. The van der Waals surface area contributed by atoms with Crippen LogP contribution in [0.2, 0.25) is 5.02 Å². The molecule has 0 saturated heterocycles. The number of ether oxygens (including phenoxy) is 1. The molecule has 28 heavy (non-hydrogen) atoms. The van der Waals surface area contributed by atoms with Crippen LogP contribution in [0.3, 0.4) is 0 Å². The number of hydrogen-bond acceptors (Lipinski definition) is 3. The zero-order chi connectivity index (χ0) is 19.8. The number of carboxylic acids is 1. The van der Waals surface area contributed by atoms with Gasteiger partial charge in [-0.1, -0.05) is 11.6 Å². The molecule has 0 unspecified atom stereocenters. The van der Waals surface area contributed by atoms with E-state index in [-0.39, 0.29) is 11.4 Å². The van der Waals surface area contributed by atoms with Crippen molar-refractivity contribution in [1.29, 1.82) is 0 Å². The van der Waals surface area contributed by atoms with E-state index in [0.717, 1.165) is 5.56 Å². The molecule has 0 aliphatic heterocycles. The molecule has 0 atom stereocenters. The third-order valence-electron chi connectivity index (χ3n) is 4.29. The molecule has 3 aromatic carbocycles. The monoisotopic (exact) mass is 396 g/mol. The molecule has 0 bridgehead atoms. The van der Waals surface area contributed by atoms with Crippen LogP contribution in [0.25, 0.3) is 22.4 Å². The van der Waals surface area contributed by atoms with E-state index < -0.39 is 5.97 Å². The largest absolute Gasteiger partial charge is 0.478 e. The van der Waals surface area contributed by atoms with Crippen LogP contribution in [-0.2, 0) is 0 Å². The number of rotatable bonds is 4. The summed E-state index contributed by atoms with van der Waals surface area (Å²) in [7, 11) is 0. The highest BCUT2D eigenvalue weighted by atomic mass is 35.5. The molecule has 0 radical (unpaired) electrons. The summed E-state index contributed by atoms with van der Waals surface area (Å²) in [4.78, 5) is 18.7. The fourth-order valence-corrected chi connectivity index (χ4v) is 3.08. The molecule has 1 heterocycles. The number of hydrogen-bond donors (Lipinski definition) is 2. The molecular formula is C21H14ClFN2O3. The lowest BCUT2D eigenvalue weighted by atomic mass is 10.2. The number of nitrogens with one attached hydrogen (secondary N) is 1. The zero-order valence-electron chi connectivity index (χ0n) is 14.7. The second-order valence-electron chi connectivity index (χ2n) is 6.28. The minimum atomic E-state index is -1.00. The van der Waals surface area contributed by atoms with Gasteiger partial charge in [0.25, 0.3) is 0 Å². The van der Waals surface area contributed by atoms with Crippen LogP contribution in [-0.4, -0.2) is 21.0 Å². The number of aryl methyl sites for hydroxylation is 1. The average Bonchev–Trinajstić information content (AvgIpc) is 3.08. The van der Waals surface area contributed by atoms with E-state index in [2.05, 4.69) is 9.97 Å². The minimum absolute atomic E-state index is 0.180. The van der Waals surface area contributed by atoms with Crippen LogP contribution in [0, 0.1) is 12.7 Å². The van der Waals surface area contributed by atoms with Crippen molar-refractivity contribution in [1.82, 2.24) is 9.97 Å². The number of halogens is 2. The van der Waals surface area contributed by atoms with Gasteiger partial charge in [0.05, 0.1) is 21.6 Å². The first-order chi connectivity index (χ1) is 13.4. The van der Waals surface area contributed by atoms with Crippen molar-refractivity contribution in [2.75, 3.05) is 0 Å². The lowest BCUT2D eigenvalue weighted by Gasteiger charge is -2.11. The van der Waals surface area contributed by atoms with Gasteiger partial charge in [0.15, 0.2) is 0 Å². The summed E-state index contributed by atoms with van der Waals surface area (Å²) in [6.45, 7) is 1.75. The molecule has 5 nitrogen and oxygen atoms in total. The van der Waals surface area contributed by atoms with Crippen molar-refractivity contribution in [2.24, 2.45) is 0 Å². The Balaban J connectivity index is 1.65. The van der Waals surface area contributed by atoms with Gasteiger partial charge in [0, 0.05) is 5.56 Å². The number of benzene rings is 3. The van der Waals surface area contributed by atoms with E-state index in [4.69, 9.17) is 21.4 Å². The topological polar surface area (TPSA) is 75.2 Å². The van der Waals surface area contributed by atoms with Crippen LogP contribution in [0.4, 0.5) is 4.39 Å². The summed E-state index contributed by atoms with van der Waals surface area (Å²) in [5, 5.41) is 9.47. The molecule has 140 valence electrons. The molecule has 2 N–H and O–H groups in total. The second kappa shape index (κ2) is 6.98. The number of nitrogens with zero attached hydrogens (tertiary/aromatic N) is 1. The Morgan fingerprint density at radius 2 is 1.89 bits per heavy atom. The number of H-pyrrole nitrogens is 1. The molecule has 7 heteroatoms. The van der Waals surface area contributed by atoms with Crippen LogP contribution >= 0.6 is 11.6 Å². The SMILES string of the molecule is Cc1cc(F)ccc1Oc1ccc(-c2nc3ccc(C(=O)O)cc3[nH]2)cc1Cl. The molecule has 1 aromatic heterocycles. The Morgan fingerprint density at radius 1 is 1.11 bits per heavy atom. The molecule has 0 spiro atoms. The van der Waals surface area contributed by atoms with Gasteiger partial charge >= 0.3 is 5.97 Å². The second-order valence-corrected chi connectivity index (χ2v) is 6.69. The number of fused-ring (bicyclic) bond motifs is 1. The molecule has 0 fully saturated rings. The number of carboxylic acid groups (broad SMARTS) is 1. The van der Waals surface area contributed by atoms with Crippen LogP contribution in [0.5, 0.6) is 11.5 Å². The van der Waals surface area contributed by atoms with Gasteiger partial charge in [-0.05, 0) is 67.1 Å². The van der Waals surface area contributed by atoms with Gasteiger partial charge in [-0.25, -0.2) is 14.2 Å². The maximum atomic E-state index is 13.2. The molecule has 4 aromatic rings. The quantitative estimate of drug-likeness (QED) is 0.455. The fourth-order valence-electron chi connectivity index (χ4n) is 2.86. The van der Waals surface area contributed by atoms with Crippen molar-refractivity contribution in [2.45, 2.75) is 6.92 Å². The zero-order valence-corrected chi connectivity index (χ0v) is 15.4. The normalized spacial score (nSPS) is 11.0. The summed E-state index contributed by atoms with van der Waals surface area (Å²) in [6, 6.07) is 14.1. The average molecular weight is 397 g/mol. The van der Waals surface area contributed by atoms with Gasteiger partial charge in [-0.15, -0.1) is 0 Å². The number of aromatic amines is 1. The summed E-state index contributed by atoms with van der Waals surface area (Å²) < 4.78 is 19.0. The van der Waals surface area contributed by atoms with Crippen molar-refractivity contribution in [3.63, 3.8) is 0 Å². The summed E-state index contributed by atoms with van der Waals surface area (Å²) >= 11 is 6.36. The van der Waals surface area contributed by atoms with E-state index in [1.807, 2.05) is 0 Å². The Kier molecular flexibility index (Phi) is 4.49. The summed E-state index contributed by atoms with van der Waals surface area (Å²) in [6.07, 6.45) is 0. The van der Waals surface area contributed by atoms with Crippen molar-refractivity contribution >= 4 is 28.6 Å². The molecule has 0 amide bonds. The van der Waals surface area contributed by atoms with Crippen LogP contribution < -0.4 is 4.74 Å². The first-order valence-electron chi connectivity index (χ1n) is 8.38. The Bertz CT molecular complexity index is 1220. The smallest absolute Gasteiger partial charge is 0.335 e. The van der Waals surface area contributed by atoms with Gasteiger partial charge in [-0.2, -0.15) is 0 Å². The lowest BCUT2D eigenvalue weighted by molar-refractivity contribution is 0.0697.